The van der Waals surface area contributed by atoms with Gasteiger partial charge in [0.1, 0.15) is 0 Å². The van der Waals surface area contributed by atoms with E-state index in [2.05, 4.69) is 0 Å². The Morgan fingerprint density at radius 1 is 1.57 bits per heavy atom. The normalized spacial score (nSPS) is 21.6. The summed E-state index contributed by atoms with van der Waals surface area (Å²) < 4.78 is 0. The van der Waals surface area contributed by atoms with Gasteiger partial charge in [0.05, 0.1) is 0 Å². The van der Waals surface area contributed by atoms with Gasteiger partial charge in [0.2, 0.25) is 5.91 Å². The van der Waals surface area contributed by atoms with Gasteiger partial charge in [-0.1, -0.05) is 6.92 Å². The van der Waals surface area contributed by atoms with E-state index in [-0.39, 0.29) is 6.61 Å². The predicted molar refractivity (Wildman–Crippen MR) is 56.0 cm³/mol. The number of aliphatic hydroxyl groups is 1. The molecule has 1 amide bonds. The van der Waals surface area contributed by atoms with Crippen LogP contribution in [0.5, 0.6) is 0 Å². The van der Waals surface area contributed by atoms with Crippen LogP contribution in [0.15, 0.2) is 0 Å². The van der Waals surface area contributed by atoms with Gasteiger partial charge in [-0.2, -0.15) is 0 Å². The maximum atomic E-state index is 11.7. The summed E-state index contributed by atoms with van der Waals surface area (Å²) in [6, 6.07) is 0.404. The lowest BCUT2D eigenvalue weighted by atomic mass is 10.1. The maximum Gasteiger partial charge on any atom is 0.222 e. The van der Waals surface area contributed by atoms with Gasteiger partial charge in [0.25, 0.3) is 0 Å². The smallest absolute Gasteiger partial charge is 0.222 e. The van der Waals surface area contributed by atoms with Crippen LogP contribution < -0.4 is 0 Å². The molecule has 1 fully saturated rings. The van der Waals surface area contributed by atoms with Gasteiger partial charge in [-0.3, -0.25) is 4.79 Å². The van der Waals surface area contributed by atoms with Crippen LogP contribution in [0.25, 0.3) is 0 Å². The van der Waals surface area contributed by atoms with Gasteiger partial charge in [-0.25, -0.2) is 0 Å². The number of likely N-dealkylation sites (tertiary alicyclic amines) is 1. The third-order valence-electron chi connectivity index (χ3n) is 2.86. The molecule has 1 aliphatic rings. The van der Waals surface area contributed by atoms with E-state index in [9.17, 15) is 4.79 Å². The fourth-order valence-corrected chi connectivity index (χ4v) is 2.15. The first-order valence-corrected chi connectivity index (χ1v) is 5.70. The van der Waals surface area contributed by atoms with Crippen molar-refractivity contribution in [1.29, 1.82) is 0 Å². The highest BCUT2D eigenvalue weighted by molar-refractivity contribution is 5.76. The summed E-state index contributed by atoms with van der Waals surface area (Å²) in [4.78, 5) is 13.7. The zero-order valence-electron chi connectivity index (χ0n) is 9.04. The number of hydrogen-bond acceptors (Lipinski definition) is 2. The third-order valence-corrected chi connectivity index (χ3v) is 2.86. The summed E-state index contributed by atoms with van der Waals surface area (Å²) >= 11 is 0. The monoisotopic (exact) mass is 199 g/mol. The Bertz CT molecular complexity index is 182. The Kier molecular flexibility index (Phi) is 4.94. The highest BCUT2D eigenvalue weighted by Gasteiger charge is 2.27. The topological polar surface area (TPSA) is 40.5 Å². The molecular weight excluding hydrogens is 178 g/mol. The van der Waals surface area contributed by atoms with Crippen LogP contribution in [0.4, 0.5) is 0 Å². The third kappa shape index (κ3) is 2.98. The summed E-state index contributed by atoms with van der Waals surface area (Å²) in [6.07, 6.45) is 5.64. The largest absolute Gasteiger partial charge is 0.396 e. The molecule has 0 aliphatic carbocycles. The molecular formula is C11H21NO2. The van der Waals surface area contributed by atoms with Gasteiger partial charge in [0, 0.05) is 25.6 Å². The lowest BCUT2D eigenvalue weighted by Gasteiger charge is -2.24. The molecule has 0 radical (unpaired) electrons. The van der Waals surface area contributed by atoms with Gasteiger partial charge >= 0.3 is 0 Å². The molecule has 1 unspecified atom stereocenters. The van der Waals surface area contributed by atoms with E-state index < -0.39 is 0 Å². The molecule has 1 heterocycles. The number of carbonyl (C=O) groups excluding carboxylic acids is 1. The quantitative estimate of drug-likeness (QED) is 0.729. The van der Waals surface area contributed by atoms with Crippen LogP contribution >= 0.6 is 0 Å². The van der Waals surface area contributed by atoms with Crippen molar-refractivity contribution in [3.8, 4) is 0 Å². The minimum absolute atomic E-state index is 0.242. The van der Waals surface area contributed by atoms with E-state index in [0.717, 1.165) is 38.6 Å². The summed E-state index contributed by atoms with van der Waals surface area (Å²) in [5.74, 6) is 0.299. The zero-order valence-corrected chi connectivity index (χ0v) is 9.04. The lowest BCUT2D eigenvalue weighted by Crippen LogP contribution is -2.35. The molecule has 1 N–H and O–H groups in total. The second kappa shape index (κ2) is 6.02. The number of amides is 1. The Balaban J connectivity index is 2.38. The number of hydrogen-bond donors (Lipinski definition) is 1. The van der Waals surface area contributed by atoms with Crippen molar-refractivity contribution in [3.63, 3.8) is 0 Å². The van der Waals surface area contributed by atoms with Gasteiger partial charge in [-0.15, -0.1) is 0 Å². The standard InChI is InChI=1S/C11H21NO2/c1-2-5-11(14)12-8-3-6-10(12)7-4-9-13/h10,13H,2-9H2,1H3. The Labute approximate surface area is 86.1 Å². The highest BCUT2D eigenvalue weighted by Crippen LogP contribution is 2.22. The molecule has 3 heteroatoms. The van der Waals surface area contributed by atoms with Crippen molar-refractivity contribution in [2.24, 2.45) is 0 Å². The van der Waals surface area contributed by atoms with E-state index in [1.807, 2.05) is 11.8 Å². The predicted octanol–water partition coefficient (Wildman–Crippen LogP) is 1.55. The van der Waals surface area contributed by atoms with Crippen LogP contribution in [0.3, 0.4) is 0 Å². The summed E-state index contributed by atoms with van der Waals surface area (Å²) in [7, 11) is 0. The Hall–Kier alpha value is -0.570. The van der Waals surface area contributed by atoms with Gasteiger partial charge < -0.3 is 10.0 Å². The van der Waals surface area contributed by atoms with Crippen LogP contribution in [0.2, 0.25) is 0 Å². The second-order valence-electron chi connectivity index (χ2n) is 4.00. The number of carbonyl (C=O) groups is 1. The SMILES string of the molecule is CCCC(=O)N1CCCC1CCCO. The molecule has 1 atom stereocenters. The molecule has 1 rings (SSSR count). The van der Waals surface area contributed by atoms with E-state index in [4.69, 9.17) is 5.11 Å². The molecule has 1 saturated heterocycles. The maximum absolute atomic E-state index is 11.7. The first-order valence-electron chi connectivity index (χ1n) is 5.70. The van der Waals surface area contributed by atoms with Crippen LogP contribution in [0.1, 0.15) is 45.4 Å². The van der Waals surface area contributed by atoms with Gasteiger partial charge in [0.15, 0.2) is 0 Å². The zero-order chi connectivity index (χ0) is 10.4. The van der Waals surface area contributed by atoms with Gasteiger partial charge in [-0.05, 0) is 32.1 Å². The number of nitrogens with zero attached hydrogens (tertiary/aromatic N) is 1. The van der Waals surface area contributed by atoms with Crippen molar-refractivity contribution >= 4 is 5.91 Å². The Morgan fingerprint density at radius 3 is 3.00 bits per heavy atom. The molecule has 0 saturated carbocycles. The van der Waals surface area contributed by atoms with Crippen LogP contribution in [-0.4, -0.2) is 35.1 Å². The lowest BCUT2D eigenvalue weighted by molar-refractivity contribution is -0.132. The fraction of sp³-hybridized carbons (Fsp3) is 0.909. The summed E-state index contributed by atoms with van der Waals surface area (Å²) in [6.45, 7) is 3.21. The second-order valence-corrected chi connectivity index (χ2v) is 4.00. The first kappa shape index (κ1) is 11.5. The van der Waals surface area contributed by atoms with Crippen molar-refractivity contribution in [1.82, 2.24) is 4.90 Å². The minimum Gasteiger partial charge on any atom is -0.396 e. The van der Waals surface area contributed by atoms with E-state index in [1.54, 1.807) is 0 Å². The van der Waals surface area contributed by atoms with Crippen LogP contribution in [0, 0.1) is 0 Å². The average molecular weight is 199 g/mol. The number of rotatable bonds is 5. The average Bonchev–Trinajstić information content (AvgIpc) is 2.63. The van der Waals surface area contributed by atoms with Crippen molar-refractivity contribution in [3.05, 3.63) is 0 Å². The van der Waals surface area contributed by atoms with Crippen molar-refractivity contribution in [2.75, 3.05) is 13.2 Å². The molecule has 0 bridgehead atoms. The van der Waals surface area contributed by atoms with E-state index >= 15 is 0 Å². The van der Waals surface area contributed by atoms with E-state index in [0.29, 0.717) is 18.4 Å². The summed E-state index contributed by atoms with van der Waals surface area (Å²) in [5, 5.41) is 8.75. The Morgan fingerprint density at radius 2 is 2.36 bits per heavy atom. The molecule has 14 heavy (non-hydrogen) atoms. The minimum atomic E-state index is 0.242. The number of aliphatic hydroxyl groups excluding tert-OH is 1. The molecule has 3 nitrogen and oxygen atoms in total. The molecule has 0 aromatic heterocycles. The van der Waals surface area contributed by atoms with E-state index in [1.165, 1.54) is 0 Å². The van der Waals surface area contributed by atoms with Crippen LogP contribution in [-0.2, 0) is 4.79 Å². The first-order chi connectivity index (χ1) is 6.79. The highest BCUT2D eigenvalue weighted by atomic mass is 16.3. The molecule has 82 valence electrons. The molecule has 0 aromatic carbocycles. The molecule has 0 aromatic rings. The molecule has 0 spiro atoms. The fourth-order valence-electron chi connectivity index (χ4n) is 2.15. The molecule has 1 aliphatic heterocycles. The summed E-state index contributed by atoms with van der Waals surface area (Å²) in [5.41, 5.74) is 0. The van der Waals surface area contributed by atoms with Crippen molar-refractivity contribution < 1.29 is 9.90 Å². The van der Waals surface area contributed by atoms with Crippen molar-refractivity contribution in [2.45, 2.75) is 51.5 Å².